The molecule has 3 atom stereocenters. The monoisotopic (exact) mass is 347 g/mol. The van der Waals surface area contributed by atoms with Crippen molar-refractivity contribution in [1.82, 2.24) is 5.32 Å². The minimum atomic E-state index is -0.613. The average Bonchev–Trinajstić information content (AvgIpc) is 2.64. The zero-order chi connectivity index (χ0) is 17.6. The maximum atomic E-state index is 11.9. The van der Waals surface area contributed by atoms with E-state index in [-0.39, 0.29) is 18.4 Å². The standard InChI is InChI=1S/C20H29NO4/c1-14-6-7-15(14)4-2-3-5-20(23)21-13-17(22)16-8-9-18-19(12-16)25-11-10-24-18/h8-9,15-17,22H,1-7,10-13H2,(H,21,23). The summed E-state index contributed by atoms with van der Waals surface area (Å²) in [6.07, 6.45) is 9.90. The molecule has 5 nitrogen and oxygen atoms in total. The normalized spacial score (nSPS) is 26.2. The van der Waals surface area contributed by atoms with Gasteiger partial charge in [0.05, 0.1) is 6.10 Å². The van der Waals surface area contributed by atoms with E-state index in [0.29, 0.717) is 32.0 Å². The second-order valence-electron chi connectivity index (χ2n) is 7.22. The van der Waals surface area contributed by atoms with Gasteiger partial charge < -0.3 is 19.9 Å². The van der Waals surface area contributed by atoms with Crippen molar-refractivity contribution >= 4 is 5.91 Å². The van der Waals surface area contributed by atoms with Gasteiger partial charge in [-0.15, -0.1) is 0 Å². The molecule has 1 saturated carbocycles. The molecule has 1 amide bonds. The number of aliphatic hydroxyl groups excluding tert-OH is 1. The summed E-state index contributed by atoms with van der Waals surface area (Å²) < 4.78 is 11.1. The molecule has 3 rings (SSSR count). The van der Waals surface area contributed by atoms with Gasteiger partial charge in [-0.05, 0) is 37.7 Å². The Morgan fingerprint density at radius 3 is 2.96 bits per heavy atom. The summed E-state index contributed by atoms with van der Waals surface area (Å²) in [5, 5.41) is 13.2. The van der Waals surface area contributed by atoms with Crippen LogP contribution in [0.5, 0.6) is 0 Å². The maximum absolute atomic E-state index is 11.9. The number of hydrogen-bond acceptors (Lipinski definition) is 4. The molecular formula is C20H29NO4. The van der Waals surface area contributed by atoms with Gasteiger partial charge in [0.25, 0.3) is 0 Å². The number of aliphatic hydroxyl groups is 1. The number of ether oxygens (including phenoxy) is 2. The van der Waals surface area contributed by atoms with E-state index in [9.17, 15) is 9.90 Å². The lowest BCUT2D eigenvalue weighted by Crippen LogP contribution is -2.36. The van der Waals surface area contributed by atoms with Gasteiger partial charge in [0.2, 0.25) is 5.91 Å². The zero-order valence-corrected chi connectivity index (χ0v) is 14.8. The Labute approximate surface area is 149 Å². The summed E-state index contributed by atoms with van der Waals surface area (Å²) in [5.41, 5.74) is 1.37. The molecular weight excluding hydrogens is 318 g/mol. The maximum Gasteiger partial charge on any atom is 0.220 e. The summed E-state index contributed by atoms with van der Waals surface area (Å²) in [7, 11) is 0. The van der Waals surface area contributed by atoms with E-state index < -0.39 is 6.10 Å². The van der Waals surface area contributed by atoms with Crippen LogP contribution in [0.3, 0.4) is 0 Å². The molecule has 138 valence electrons. The van der Waals surface area contributed by atoms with Crippen LogP contribution in [0, 0.1) is 11.8 Å². The van der Waals surface area contributed by atoms with Crippen molar-refractivity contribution in [3.8, 4) is 0 Å². The number of nitrogens with one attached hydrogen (secondary N) is 1. The fraction of sp³-hybridized carbons (Fsp3) is 0.650. The Hall–Kier alpha value is -1.75. The van der Waals surface area contributed by atoms with E-state index in [1.54, 1.807) is 0 Å². The molecule has 0 aromatic carbocycles. The highest BCUT2D eigenvalue weighted by Gasteiger charge is 2.26. The van der Waals surface area contributed by atoms with Crippen LogP contribution in [0.25, 0.3) is 0 Å². The lowest BCUT2D eigenvalue weighted by Gasteiger charge is -2.29. The highest BCUT2D eigenvalue weighted by molar-refractivity contribution is 5.75. The summed E-state index contributed by atoms with van der Waals surface area (Å²) in [6, 6.07) is 0. The Balaban J connectivity index is 1.30. The Bertz CT molecular complexity index is 566. The van der Waals surface area contributed by atoms with E-state index in [4.69, 9.17) is 9.47 Å². The van der Waals surface area contributed by atoms with Gasteiger partial charge in [-0.25, -0.2) is 0 Å². The number of carbonyl (C=O) groups is 1. The topological polar surface area (TPSA) is 67.8 Å². The molecule has 0 saturated heterocycles. The number of rotatable bonds is 8. The van der Waals surface area contributed by atoms with Crippen LogP contribution in [0.4, 0.5) is 0 Å². The van der Waals surface area contributed by atoms with E-state index >= 15 is 0 Å². The lowest BCUT2D eigenvalue weighted by molar-refractivity contribution is -0.121. The predicted molar refractivity (Wildman–Crippen MR) is 95.5 cm³/mol. The molecule has 5 heteroatoms. The molecule has 0 aromatic rings. The first-order valence-electron chi connectivity index (χ1n) is 9.43. The summed E-state index contributed by atoms with van der Waals surface area (Å²) >= 11 is 0. The van der Waals surface area contributed by atoms with Crippen molar-refractivity contribution in [2.45, 2.75) is 51.0 Å². The van der Waals surface area contributed by atoms with Crippen LogP contribution < -0.4 is 5.32 Å². The molecule has 3 unspecified atom stereocenters. The molecule has 0 spiro atoms. The first-order valence-corrected chi connectivity index (χ1v) is 9.43. The van der Waals surface area contributed by atoms with Gasteiger partial charge in [-0.1, -0.05) is 24.6 Å². The average molecular weight is 347 g/mol. The first kappa shape index (κ1) is 18.1. The van der Waals surface area contributed by atoms with E-state index in [2.05, 4.69) is 11.9 Å². The fourth-order valence-electron chi connectivity index (χ4n) is 3.56. The number of carbonyl (C=O) groups excluding carboxylic acids is 1. The highest BCUT2D eigenvalue weighted by atomic mass is 16.6. The third kappa shape index (κ3) is 4.88. The van der Waals surface area contributed by atoms with Gasteiger partial charge in [-0.3, -0.25) is 4.79 Å². The third-order valence-electron chi connectivity index (χ3n) is 5.41. The molecule has 1 aliphatic heterocycles. The van der Waals surface area contributed by atoms with Gasteiger partial charge in [0.1, 0.15) is 19.0 Å². The SMILES string of the molecule is C=C1CCC1CCCCC(=O)NCC(O)C1C=CC2=C(C1)OCCO2. The molecule has 25 heavy (non-hydrogen) atoms. The minimum Gasteiger partial charge on any atom is -0.490 e. The summed E-state index contributed by atoms with van der Waals surface area (Å²) in [6.45, 7) is 5.44. The molecule has 3 aliphatic rings. The van der Waals surface area contributed by atoms with Crippen LogP contribution in [-0.2, 0) is 14.3 Å². The van der Waals surface area contributed by atoms with Crippen molar-refractivity contribution in [1.29, 1.82) is 0 Å². The van der Waals surface area contributed by atoms with E-state index in [1.165, 1.54) is 18.4 Å². The van der Waals surface area contributed by atoms with Crippen molar-refractivity contribution in [3.63, 3.8) is 0 Å². The molecule has 2 aliphatic carbocycles. The highest BCUT2D eigenvalue weighted by Crippen LogP contribution is 2.35. The van der Waals surface area contributed by atoms with Crippen molar-refractivity contribution in [2.24, 2.45) is 11.8 Å². The smallest absolute Gasteiger partial charge is 0.220 e. The summed E-state index contributed by atoms with van der Waals surface area (Å²) in [4.78, 5) is 11.9. The van der Waals surface area contributed by atoms with Crippen LogP contribution in [0.1, 0.15) is 44.9 Å². The minimum absolute atomic E-state index is 0.0171. The Morgan fingerprint density at radius 1 is 1.36 bits per heavy atom. The third-order valence-corrected chi connectivity index (χ3v) is 5.41. The zero-order valence-electron chi connectivity index (χ0n) is 14.8. The van der Waals surface area contributed by atoms with Crippen molar-refractivity contribution in [2.75, 3.05) is 19.8 Å². The molecule has 0 bridgehead atoms. The van der Waals surface area contributed by atoms with Crippen LogP contribution in [0.15, 0.2) is 35.8 Å². The van der Waals surface area contributed by atoms with E-state index in [1.807, 2.05) is 12.2 Å². The Kier molecular flexibility index (Phi) is 6.19. The molecule has 1 fully saturated rings. The quantitative estimate of drug-likeness (QED) is 0.523. The van der Waals surface area contributed by atoms with Crippen LogP contribution in [0.2, 0.25) is 0 Å². The van der Waals surface area contributed by atoms with Gasteiger partial charge in [-0.2, -0.15) is 0 Å². The first-order chi connectivity index (χ1) is 12.1. The van der Waals surface area contributed by atoms with Gasteiger partial charge >= 0.3 is 0 Å². The van der Waals surface area contributed by atoms with Gasteiger partial charge in [0.15, 0.2) is 5.76 Å². The number of amides is 1. The predicted octanol–water partition coefficient (Wildman–Crippen LogP) is 2.82. The number of allylic oxidation sites excluding steroid dienone is 3. The molecule has 0 aromatic heterocycles. The second-order valence-corrected chi connectivity index (χ2v) is 7.22. The van der Waals surface area contributed by atoms with Crippen molar-refractivity contribution in [3.05, 3.63) is 35.8 Å². The Morgan fingerprint density at radius 2 is 2.20 bits per heavy atom. The number of hydrogen-bond donors (Lipinski definition) is 2. The molecule has 0 radical (unpaired) electrons. The van der Waals surface area contributed by atoms with Crippen LogP contribution in [-0.4, -0.2) is 36.9 Å². The lowest BCUT2D eigenvalue weighted by atomic mass is 9.77. The fourth-order valence-corrected chi connectivity index (χ4v) is 3.56. The molecule has 2 N–H and O–H groups in total. The number of unbranched alkanes of at least 4 members (excludes halogenated alkanes) is 1. The van der Waals surface area contributed by atoms with Gasteiger partial charge in [0, 0.05) is 25.3 Å². The second kappa shape index (κ2) is 8.56. The van der Waals surface area contributed by atoms with Crippen LogP contribution >= 0.6 is 0 Å². The molecule has 1 heterocycles. The van der Waals surface area contributed by atoms with E-state index in [0.717, 1.165) is 30.8 Å². The summed E-state index contributed by atoms with van der Waals surface area (Å²) in [5.74, 6) is 2.23. The van der Waals surface area contributed by atoms with Crippen molar-refractivity contribution < 1.29 is 19.4 Å². The largest absolute Gasteiger partial charge is 0.490 e.